The largest absolute Gasteiger partial charge is 0.436 e. The molecule has 0 radical (unpaired) electrons. The van der Waals surface area contributed by atoms with E-state index >= 15 is 0 Å². The molecule has 0 saturated heterocycles. The Morgan fingerprint density at radius 3 is 2.56 bits per heavy atom. The quantitative estimate of drug-likeness (QED) is 0.722. The molecular weight excluding hydrogens is 363 g/mol. The molecule has 1 amide bonds. The Morgan fingerprint density at radius 1 is 1.16 bits per heavy atom. The van der Waals surface area contributed by atoms with Crippen molar-refractivity contribution in [3.8, 4) is 11.5 Å². The minimum atomic E-state index is -0.311. The molecule has 0 bridgehead atoms. The smallest absolute Gasteiger partial charge is 0.251 e. The van der Waals surface area contributed by atoms with Gasteiger partial charge in [0.05, 0.1) is 6.10 Å². The molecule has 128 valence electrons. The highest BCUT2D eigenvalue weighted by Crippen LogP contribution is 2.29. The predicted octanol–water partition coefficient (Wildman–Crippen LogP) is 4.05. The fraction of sp³-hybridized carbons (Fsp3) is 0.222. The molecule has 0 unspecified atom stereocenters. The van der Waals surface area contributed by atoms with Crippen molar-refractivity contribution in [3.05, 3.63) is 52.0 Å². The SMILES string of the molecule is O=C(N[C@H]1C[C@@H](O)C1)c1ccc2nc(-c3cc(Cl)cc(Cl)c3)oc2c1. The highest BCUT2D eigenvalue weighted by atomic mass is 35.5. The number of carbonyl (C=O) groups excluding carboxylic acids is 1. The number of amides is 1. The highest BCUT2D eigenvalue weighted by Gasteiger charge is 2.28. The van der Waals surface area contributed by atoms with Gasteiger partial charge >= 0.3 is 0 Å². The normalized spacial score (nSPS) is 19.6. The van der Waals surface area contributed by atoms with E-state index < -0.39 is 0 Å². The summed E-state index contributed by atoms with van der Waals surface area (Å²) in [4.78, 5) is 16.7. The van der Waals surface area contributed by atoms with Crippen LogP contribution in [0.1, 0.15) is 23.2 Å². The molecule has 7 heteroatoms. The number of oxazole rings is 1. The maximum Gasteiger partial charge on any atom is 0.251 e. The number of halogens is 2. The fourth-order valence-electron chi connectivity index (χ4n) is 2.84. The molecule has 1 heterocycles. The van der Waals surface area contributed by atoms with Crippen LogP contribution in [0, 0.1) is 0 Å². The Bertz CT molecular complexity index is 944. The predicted molar refractivity (Wildman–Crippen MR) is 96.0 cm³/mol. The van der Waals surface area contributed by atoms with Crippen LogP contribution < -0.4 is 5.32 Å². The number of fused-ring (bicyclic) bond motifs is 1. The van der Waals surface area contributed by atoms with Crippen molar-refractivity contribution >= 4 is 40.2 Å². The minimum Gasteiger partial charge on any atom is -0.436 e. The molecule has 5 nitrogen and oxygen atoms in total. The van der Waals surface area contributed by atoms with Gasteiger partial charge in [-0.15, -0.1) is 0 Å². The lowest BCUT2D eigenvalue weighted by Crippen LogP contribution is -2.46. The molecule has 2 N–H and O–H groups in total. The molecule has 25 heavy (non-hydrogen) atoms. The molecule has 1 aliphatic carbocycles. The summed E-state index contributed by atoms with van der Waals surface area (Å²) in [5.41, 5.74) is 2.30. The number of hydrogen-bond acceptors (Lipinski definition) is 4. The lowest BCUT2D eigenvalue weighted by Gasteiger charge is -2.31. The Balaban J connectivity index is 1.61. The molecule has 4 rings (SSSR count). The zero-order valence-electron chi connectivity index (χ0n) is 13.0. The van der Waals surface area contributed by atoms with Gasteiger partial charge in [0.15, 0.2) is 5.58 Å². The van der Waals surface area contributed by atoms with Gasteiger partial charge in [-0.25, -0.2) is 4.98 Å². The Kier molecular flexibility index (Phi) is 4.15. The number of nitrogens with zero attached hydrogens (tertiary/aromatic N) is 1. The van der Waals surface area contributed by atoms with Gasteiger partial charge in [-0.05, 0) is 49.2 Å². The maximum absolute atomic E-state index is 12.3. The van der Waals surface area contributed by atoms with Crippen LogP contribution in [0.15, 0.2) is 40.8 Å². The first-order chi connectivity index (χ1) is 12.0. The number of nitrogens with one attached hydrogen (secondary N) is 1. The van der Waals surface area contributed by atoms with E-state index in [4.69, 9.17) is 27.6 Å². The van der Waals surface area contributed by atoms with Gasteiger partial charge in [-0.3, -0.25) is 4.79 Å². The first kappa shape index (κ1) is 16.4. The van der Waals surface area contributed by atoms with Crippen LogP contribution in [-0.2, 0) is 0 Å². The fourth-order valence-corrected chi connectivity index (χ4v) is 3.37. The van der Waals surface area contributed by atoms with Crippen molar-refractivity contribution in [3.63, 3.8) is 0 Å². The van der Waals surface area contributed by atoms with Crippen molar-refractivity contribution in [1.29, 1.82) is 0 Å². The zero-order chi connectivity index (χ0) is 17.6. The van der Waals surface area contributed by atoms with E-state index in [0.29, 0.717) is 51.0 Å². The molecular formula is C18H14Cl2N2O3. The number of rotatable bonds is 3. The van der Waals surface area contributed by atoms with Crippen molar-refractivity contribution < 1.29 is 14.3 Å². The second-order valence-corrected chi connectivity index (χ2v) is 7.03. The summed E-state index contributed by atoms with van der Waals surface area (Å²) in [6.45, 7) is 0. The average Bonchev–Trinajstić information content (AvgIpc) is 2.95. The molecule has 1 fully saturated rings. The third-order valence-corrected chi connectivity index (χ3v) is 4.64. The maximum atomic E-state index is 12.3. The van der Waals surface area contributed by atoms with Gasteiger partial charge in [-0.1, -0.05) is 23.2 Å². The Hall–Kier alpha value is -2.08. The van der Waals surface area contributed by atoms with Gasteiger partial charge in [0.1, 0.15) is 5.52 Å². The third kappa shape index (κ3) is 3.35. The topological polar surface area (TPSA) is 75.4 Å². The minimum absolute atomic E-state index is 0.0251. The van der Waals surface area contributed by atoms with E-state index in [1.165, 1.54) is 0 Å². The van der Waals surface area contributed by atoms with Crippen LogP contribution in [0.4, 0.5) is 0 Å². The van der Waals surface area contributed by atoms with Crippen LogP contribution in [0.3, 0.4) is 0 Å². The summed E-state index contributed by atoms with van der Waals surface area (Å²) >= 11 is 12.0. The number of hydrogen-bond donors (Lipinski definition) is 2. The van der Waals surface area contributed by atoms with Crippen molar-refractivity contribution in [2.45, 2.75) is 25.0 Å². The second kappa shape index (κ2) is 6.33. The lowest BCUT2D eigenvalue weighted by atomic mass is 9.89. The Morgan fingerprint density at radius 2 is 1.88 bits per heavy atom. The molecule has 0 atom stereocenters. The summed E-state index contributed by atoms with van der Waals surface area (Å²) in [5, 5.41) is 13.2. The standard InChI is InChI=1S/C18H14Cl2N2O3/c19-11-3-10(4-12(20)6-11)18-22-15-2-1-9(5-16(15)25-18)17(24)21-13-7-14(23)8-13/h1-6,13-14,23H,7-8H2,(H,21,24)/t13-,14+. The van der Waals surface area contributed by atoms with Crippen molar-refractivity contribution in [2.24, 2.45) is 0 Å². The third-order valence-electron chi connectivity index (χ3n) is 4.21. The first-order valence-corrected chi connectivity index (χ1v) is 8.59. The second-order valence-electron chi connectivity index (χ2n) is 6.16. The van der Waals surface area contributed by atoms with Gasteiger partial charge < -0.3 is 14.8 Å². The van der Waals surface area contributed by atoms with Gasteiger partial charge in [-0.2, -0.15) is 0 Å². The summed E-state index contributed by atoms with van der Waals surface area (Å²) in [7, 11) is 0. The molecule has 2 aromatic carbocycles. The monoisotopic (exact) mass is 376 g/mol. The molecule has 3 aromatic rings. The van der Waals surface area contributed by atoms with Crippen LogP contribution in [0.5, 0.6) is 0 Å². The molecule has 1 aromatic heterocycles. The van der Waals surface area contributed by atoms with Crippen LogP contribution in [-0.4, -0.2) is 28.1 Å². The summed E-state index contributed by atoms with van der Waals surface area (Å²) < 4.78 is 5.77. The van der Waals surface area contributed by atoms with Gasteiger partial charge in [0.25, 0.3) is 5.91 Å². The van der Waals surface area contributed by atoms with E-state index in [1.807, 2.05) is 0 Å². The van der Waals surface area contributed by atoms with E-state index in [-0.39, 0.29) is 18.1 Å². The van der Waals surface area contributed by atoms with E-state index in [1.54, 1.807) is 36.4 Å². The van der Waals surface area contributed by atoms with Crippen molar-refractivity contribution in [2.75, 3.05) is 0 Å². The van der Waals surface area contributed by atoms with E-state index in [9.17, 15) is 9.90 Å². The first-order valence-electron chi connectivity index (χ1n) is 7.84. The summed E-state index contributed by atoms with van der Waals surface area (Å²) in [6.07, 6.45) is 0.875. The average molecular weight is 377 g/mol. The summed E-state index contributed by atoms with van der Waals surface area (Å²) in [6, 6.07) is 10.2. The van der Waals surface area contributed by atoms with Crippen LogP contribution in [0.25, 0.3) is 22.6 Å². The molecule has 1 aliphatic rings. The summed E-state index contributed by atoms with van der Waals surface area (Å²) in [5.74, 6) is 0.196. The van der Waals surface area contributed by atoms with Crippen LogP contribution >= 0.6 is 23.2 Å². The number of aromatic nitrogens is 1. The van der Waals surface area contributed by atoms with E-state index in [0.717, 1.165) is 0 Å². The van der Waals surface area contributed by atoms with Crippen molar-refractivity contribution in [1.82, 2.24) is 10.3 Å². The number of benzene rings is 2. The lowest BCUT2D eigenvalue weighted by molar-refractivity contribution is 0.0562. The van der Waals surface area contributed by atoms with E-state index in [2.05, 4.69) is 10.3 Å². The number of carbonyl (C=O) groups is 1. The molecule has 0 spiro atoms. The zero-order valence-corrected chi connectivity index (χ0v) is 14.5. The molecule has 1 saturated carbocycles. The number of aliphatic hydroxyl groups is 1. The molecule has 0 aliphatic heterocycles. The Labute approximate surface area is 153 Å². The highest BCUT2D eigenvalue weighted by molar-refractivity contribution is 6.35. The number of aliphatic hydroxyl groups excluding tert-OH is 1. The van der Waals surface area contributed by atoms with Crippen LogP contribution in [0.2, 0.25) is 10.0 Å². The van der Waals surface area contributed by atoms with Gasteiger partial charge in [0.2, 0.25) is 5.89 Å². The van der Waals surface area contributed by atoms with Gasteiger partial charge in [0, 0.05) is 27.2 Å².